The Labute approximate surface area is 147 Å². The fourth-order valence-electron chi connectivity index (χ4n) is 2.38. The second-order valence-electron chi connectivity index (χ2n) is 5.27. The Morgan fingerprint density at radius 1 is 1.30 bits per heavy atom. The van der Waals surface area contributed by atoms with E-state index in [1.807, 2.05) is 49.4 Å². The topological polar surface area (TPSA) is 58.6 Å². The van der Waals surface area contributed by atoms with Gasteiger partial charge < -0.3 is 10.1 Å². The molecule has 3 rings (SSSR count). The van der Waals surface area contributed by atoms with Crippen LogP contribution in [0.4, 0.5) is 11.4 Å². The molecule has 0 saturated heterocycles. The second-order valence-corrected chi connectivity index (χ2v) is 6.43. The molecule has 0 atom stereocenters. The summed E-state index contributed by atoms with van der Waals surface area (Å²) >= 11 is 2.16. The number of carbonyl (C=O) groups is 2. The first-order valence-corrected chi connectivity index (χ1v) is 8.20. The maximum Gasteiger partial charge on any atom is 0.265 e. The summed E-state index contributed by atoms with van der Waals surface area (Å²) in [5, 5.41) is 2.84. The van der Waals surface area contributed by atoms with E-state index >= 15 is 0 Å². The van der Waals surface area contributed by atoms with E-state index in [2.05, 4.69) is 27.9 Å². The van der Waals surface area contributed by atoms with Gasteiger partial charge >= 0.3 is 0 Å². The van der Waals surface area contributed by atoms with Gasteiger partial charge in [0.2, 0.25) is 5.91 Å². The van der Waals surface area contributed by atoms with Gasteiger partial charge in [-0.05, 0) is 59.3 Å². The van der Waals surface area contributed by atoms with Crippen LogP contribution in [0.25, 0.3) is 0 Å². The number of nitrogens with one attached hydrogen (secondary N) is 1. The molecule has 0 unspecified atom stereocenters. The van der Waals surface area contributed by atoms with Crippen molar-refractivity contribution in [1.82, 2.24) is 0 Å². The van der Waals surface area contributed by atoms with Crippen LogP contribution < -0.4 is 15.0 Å². The average molecular weight is 422 g/mol. The summed E-state index contributed by atoms with van der Waals surface area (Å²) in [5.74, 6) is 0.162. The summed E-state index contributed by atoms with van der Waals surface area (Å²) in [6.45, 7) is 1.85. The molecular formula is C17H15IN2O3. The van der Waals surface area contributed by atoms with Crippen LogP contribution >= 0.6 is 22.6 Å². The number of halogens is 1. The van der Waals surface area contributed by atoms with Crippen molar-refractivity contribution < 1.29 is 14.3 Å². The van der Waals surface area contributed by atoms with E-state index in [1.165, 1.54) is 4.90 Å². The number of fused-ring (bicyclic) bond motifs is 1. The van der Waals surface area contributed by atoms with E-state index in [0.29, 0.717) is 11.4 Å². The van der Waals surface area contributed by atoms with Crippen molar-refractivity contribution in [1.29, 1.82) is 0 Å². The highest BCUT2D eigenvalue weighted by Gasteiger charge is 2.27. The molecule has 1 heterocycles. The lowest BCUT2D eigenvalue weighted by Crippen LogP contribution is -2.43. The molecule has 5 nitrogen and oxygen atoms in total. The zero-order valence-corrected chi connectivity index (χ0v) is 14.7. The van der Waals surface area contributed by atoms with Gasteiger partial charge in [0.1, 0.15) is 12.3 Å². The zero-order valence-electron chi connectivity index (χ0n) is 12.5. The molecule has 0 spiro atoms. The number of anilines is 2. The maximum absolute atomic E-state index is 12.3. The first-order valence-electron chi connectivity index (χ1n) is 7.13. The van der Waals surface area contributed by atoms with Gasteiger partial charge in [-0.25, -0.2) is 0 Å². The number of hydrogen-bond acceptors (Lipinski definition) is 3. The number of benzene rings is 2. The van der Waals surface area contributed by atoms with Crippen molar-refractivity contribution in [3.8, 4) is 5.75 Å². The lowest BCUT2D eigenvalue weighted by atomic mass is 10.1. The minimum atomic E-state index is -0.239. The van der Waals surface area contributed by atoms with E-state index in [9.17, 15) is 9.59 Å². The summed E-state index contributed by atoms with van der Waals surface area (Å²) in [7, 11) is 0. The second kappa shape index (κ2) is 6.57. The van der Waals surface area contributed by atoms with E-state index < -0.39 is 0 Å². The molecule has 23 heavy (non-hydrogen) atoms. The predicted octanol–water partition coefficient (Wildman–Crippen LogP) is 2.96. The lowest BCUT2D eigenvalue weighted by Gasteiger charge is -2.29. The van der Waals surface area contributed by atoms with Gasteiger partial charge in [-0.3, -0.25) is 14.5 Å². The highest BCUT2D eigenvalue weighted by Crippen LogP contribution is 2.32. The number of para-hydroxylation sites is 1. The minimum Gasteiger partial charge on any atom is -0.482 e. The summed E-state index contributed by atoms with van der Waals surface area (Å²) in [5.41, 5.74) is 2.38. The van der Waals surface area contributed by atoms with Crippen molar-refractivity contribution in [2.75, 3.05) is 23.4 Å². The highest BCUT2D eigenvalue weighted by molar-refractivity contribution is 14.1. The van der Waals surface area contributed by atoms with Gasteiger partial charge in [0.15, 0.2) is 6.61 Å². The smallest absolute Gasteiger partial charge is 0.265 e. The molecule has 1 N–H and O–H groups in total. The Morgan fingerprint density at radius 3 is 2.87 bits per heavy atom. The molecule has 1 aliphatic heterocycles. The van der Waals surface area contributed by atoms with Crippen molar-refractivity contribution >= 4 is 45.8 Å². The number of hydrogen-bond donors (Lipinski definition) is 1. The van der Waals surface area contributed by atoms with E-state index in [4.69, 9.17) is 4.74 Å². The number of amides is 2. The third-order valence-electron chi connectivity index (χ3n) is 3.51. The van der Waals surface area contributed by atoms with Crippen molar-refractivity contribution in [2.45, 2.75) is 6.92 Å². The normalized spacial score (nSPS) is 13.3. The molecule has 118 valence electrons. The summed E-state index contributed by atoms with van der Waals surface area (Å²) in [4.78, 5) is 25.9. The van der Waals surface area contributed by atoms with Gasteiger partial charge in [-0.2, -0.15) is 0 Å². The van der Waals surface area contributed by atoms with Gasteiger partial charge in [0.25, 0.3) is 5.91 Å². The van der Waals surface area contributed by atoms with E-state index in [-0.39, 0.29) is 25.0 Å². The maximum atomic E-state index is 12.3. The molecule has 2 amide bonds. The predicted molar refractivity (Wildman–Crippen MR) is 96.8 cm³/mol. The molecule has 0 aromatic heterocycles. The number of aryl methyl sites for hydroxylation is 1. The molecular weight excluding hydrogens is 407 g/mol. The fourth-order valence-corrected chi connectivity index (χ4v) is 2.90. The molecule has 1 aliphatic rings. The standard InChI is InChI=1S/C17H15IN2O3/c1-11-6-7-15-14(8-11)20(17(22)10-23-15)9-16(21)19-13-5-3-2-4-12(13)18/h2-8H,9-10H2,1H3,(H,19,21). The van der Waals surface area contributed by atoms with Gasteiger partial charge in [0.05, 0.1) is 11.4 Å². The van der Waals surface area contributed by atoms with Gasteiger partial charge in [-0.15, -0.1) is 0 Å². The van der Waals surface area contributed by atoms with Crippen molar-refractivity contribution in [3.63, 3.8) is 0 Å². The Hall–Kier alpha value is -2.09. The first kappa shape index (κ1) is 15.8. The summed E-state index contributed by atoms with van der Waals surface area (Å²) < 4.78 is 6.36. The molecule has 0 bridgehead atoms. The van der Waals surface area contributed by atoms with E-state index in [0.717, 1.165) is 14.8 Å². The summed E-state index contributed by atoms with van der Waals surface area (Å²) in [6, 6.07) is 13.1. The number of carbonyl (C=O) groups excluding carboxylic acids is 2. The molecule has 2 aromatic carbocycles. The highest BCUT2D eigenvalue weighted by atomic mass is 127. The number of ether oxygens (including phenoxy) is 1. The largest absolute Gasteiger partial charge is 0.482 e. The van der Waals surface area contributed by atoms with Crippen LogP contribution in [0.2, 0.25) is 0 Å². The Balaban J connectivity index is 1.80. The lowest BCUT2D eigenvalue weighted by molar-refractivity contribution is -0.123. The quantitative estimate of drug-likeness (QED) is 0.775. The fraction of sp³-hybridized carbons (Fsp3) is 0.176. The first-order chi connectivity index (χ1) is 11.0. The van der Waals surface area contributed by atoms with Crippen LogP contribution in [-0.4, -0.2) is 25.0 Å². The average Bonchev–Trinajstić information content (AvgIpc) is 2.52. The Bertz CT molecular complexity index is 776. The number of nitrogens with zero attached hydrogens (tertiary/aromatic N) is 1. The molecule has 0 saturated carbocycles. The minimum absolute atomic E-state index is 0.0381. The van der Waals surface area contributed by atoms with Gasteiger partial charge in [0, 0.05) is 3.57 Å². The zero-order chi connectivity index (χ0) is 16.4. The molecule has 0 radical (unpaired) electrons. The van der Waals surface area contributed by atoms with Crippen LogP contribution in [-0.2, 0) is 9.59 Å². The monoisotopic (exact) mass is 422 g/mol. The van der Waals surface area contributed by atoms with Crippen molar-refractivity contribution in [2.24, 2.45) is 0 Å². The van der Waals surface area contributed by atoms with Crippen LogP contribution in [0.15, 0.2) is 42.5 Å². The SMILES string of the molecule is Cc1ccc2c(c1)N(CC(=O)Nc1ccccc1I)C(=O)CO2. The van der Waals surface area contributed by atoms with Gasteiger partial charge in [-0.1, -0.05) is 18.2 Å². The number of rotatable bonds is 3. The third-order valence-corrected chi connectivity index (χ3v) is 4.45. The molecule has 6 heteroatoms. The summed E-state index contributed by atoms with van der Waals surface area (Å²) in [6.07, 6.45) is 0. The third kappa shape index (κ3) is 3.47. The van der Waals surface area contributed by atoms with Crippen LogP contribution in [0.1, 0.15) is 5.56 Å². The van der Waals surface area contributed by atoms with Crippen molar-refractivity contribution in [3.05, 3.63) is 51.6 Å². The molecule has 0 fully saturated rings. The molecule has 0 aliphatic carbocycles. The Morgan fingerprint density at radius 2 is 2.09 bits per heavy atom. The van der Waals surface area contributed by atoms with Crippen LogP contribution in [0, 0.1) is 10.5 Å². The van der Waals surface area contributed by atoms with Crippen LogP contribution in [0.3, 0.4) is 0 Å². The Kier molecular flexibility index (Phi) is 4.51. The van der Waals surface area contributed by atoms with Crippen LogP contribution in [0.5, 0.6) is 5.75 Å². The van der Waals surface area contributed by atoms with E-state index in [1.54, 1.807) is 0 Å². The molecule has 2 aromatic rings.